The van der Waals surface area contributed by atoms with Crippen LogP contribution in [0.25, 0.3) is 0 Å². The normalized spacial score (nSPS) is 17.3. The van der Waals surface area contributed by atoms with Crippen LogP contribution >= 0.6 is 0 Å². The number of benzene rings is 2. The molecule has 2 aromatic rings. The van der Waals surface area contributed by atoms with Crippen LogP contribution in [0.3, 0.4) is 0 Å². The van der Waals surface area contributed by atoms with Crippen LogP contribution in [0.1, 0.15) is 30.0 Å². The Morgan fingerprint density at radius 1 is 1.00 bits per heavy atom. The highest BCUT2D eigenvalue weighted by Gasteiger charge is 2.29. The maximum Gasteiger partial charge on any atom is 0.322 e. The number of carbonyl (C=O) groups is 2. The van der Waals surface area contributed by atoms with Gasteiger partial charge in [0.05, 0.1) is 6.04 Å². The zero-order valence-corrected chi connectivity index (χ0v) is 14.7. The minimum absolute atomic E-state index is 0.101. The third-order valence-electron chi connectivity index (χ3n) is 5.21. The molecule has 3 amide bonds. The van der Waals surface area contributed by atoms with Gasteiger partial charge in [0.25, 0.3) is 0 Å². The van der Waals surface area contributed by atoms with E-state index in [2.05, 4.69) is 11.4 Å². The van der Waals surface area contributed by atoms with Crippen LogP contribution in [-0.2, 0) is 11.2 Å². The largest absolute Gasteiger partial charge is 0.340 e. The molecule has 0 aliphatic carbocycles. The van der Waals surface area contributed by atoms with Gasteiger partial charge in [-0.2, -0.15) is 0 Å². The van der Waals surface area contributed by atoms with E-state index in [1.54, 1.807) is 4.90 Å². The lowest BCUT2D eigenvalue weighted by molar-refractivity contribution is -0.128. The van der Waals surface area contributed by atoms with Crippen molar-refractivity contribution >= 4 is 17.6 Å². The molecule has 134 valence electrons. The van der Waals surface area contributed by atoms with Gasteiger partial charge < -0.3 is 10.2 Å². The third-order valence-corrected chi connectivity index (χ3v) is 5.21. The molecule has 0 aromatic heterocycles. The van der Waals surface area contributed by atoms with Crippen molar-refractivity contribution in [3.05, 3.63) is 65.7 Å². The summed E-state index contributed by atoms with van der Waals surface area (Å²) in [5.41, 5.74) is 3.20. The molecule has 2 aliphatic heterocycles. The molecule has 0 unspecified atom stereocenters. The topological polar surface area (TPSA) is 52.7 Å². The summed E-state index contributed by atoms with van der Waals surface area (Å²) < 4.78 is 0. The molecule has 0 bridgehead atoms. The molecular formula is C21H23N3O2. The molecule has 1 fully saturated rings. The fourth-order valence-electron chi connectivity index (χ4n) is 3.81. The van der Waals surface area contributed by atoms with Crippen LogP contribution in [0.4, 0.5) is 10.5 Å². The van der Waals surface area contributed by atoms with Gasteiger partial charge in [0, 0.05) is 31.7 Å². The van der Waals surface area contributed by atoms with Crippen LogP contribution in [0.5, 0.6) is 0 Å². The van der Waals surface area contributed by atoms with Crippen molar-refractivity contribution < 1.29 is 9.59 Å². The summed E-state index contributed by atoms with van der Waals surface area (Å²) in [4.78, 5) is 28.7. The van der Waals surface area contributed by atoms with Gasteiger partial charge in [-0.25, -0.2) is 4.79 Å². The van der Waals surface area contributed by atoms with Crippen molar-refractivity contribution in [2.45, 2.75) is 25.3 Å². The van der Waals surface area contributed by atoms with Crippen LogP contribution < -0.4 is 10.2 Å². The maximum absolute atomic E-state index is 13.0. The lowest BCUT2D eigenvalue weighted by Gasteiger charge is -2.27. The standard InChI is InChI=1S/C21H23N3O2/c25-20-11-6-13-23(20)15-18(16-7-2-1-3-8-16)22-21(26)24-14-12-17-9-4-5-10-19(17)24/h1-5,7-10,18H,6,11-15H2,(H,22,26)/t18-/m0/s1. The molecule has 1 saturated heterocycles. The van der Waals surface area contributed by atoms with E-state index in [1.165, 1.54) is 5.56 Å². The van der Waals surface area contributed by atoms with Gasteiger partial charge in [-0.15, -0.1) is 0 Å². The summed E-state index contributed by atoms with van der Waals surface area (Å²) in [6.07, 6.45) is 2.38. The predicted molar refractivity (Wildman–Crippen MR) is 101 cm³/mol. The molecule has 26 heavy (non-hydrogen) atoms. The summed E-state index contributed by atoms with van der Waals surface area (Å²) in [5, 5.41) is 3.16. The zero-order valence-electron chi connectivity index (χ0n) is 14.7. The van der Waals surface area contributed by atoms with Crippen LogP contribution in [0.2, 0.25) is 0 Å². The third kappa shape index (κ3) is 3.29. The van der Waals surface area contributed by atoms with Crippen LogP contribution in [0, 0.1) is 0 Å². The smallest absolute Gasteiger partial charge is 0.322 e. The Bertz CT molecular complexity index is 806. The van der Waals surface area contributed by atoms with E-state index in [4.69, 9.17) is 0 Å². The SMILES string of the molecule is O=C1CCCN1C[C@H](NC(=O)N1CCc2ccccc21)c1ccccc1. The van der Waals surface area contributed by atoms with Crippen molar-refractivity contribution in [1.82, 2.24) is 10.2 Å². The first-order chi connectivity index (χ1) is 12.7. The number of nitrogens with zero attached hydrogens (tertiary/aromatic N) is 2. The molecule has 4 rings (SSSR count). The second-order valence-corrected chi connectivity index (χ2v) is 6.89. The van der Waals surface area contributed by atoms with E-state index in [0.29, 0.717) is 19.5 Å². The molecule has 0 saturated carbocycles. The molecule has 0 spiro atoms. The van der Waals surface area contributed by atoms with Crippen molar-refractivity contribution in [1.29, 1.82) is 0 Å². The van der Waals surface area contributed by atoms with E-state index in [-0.39, 0.29) is 18.0 Å². The van der Waals surface area contributed by atoms with E-state index in [1.807, 2.05) is 53.4 Å². The van der Waals surface area contributed by atoms with E-state index in [9.17, 15) is 9.59 Å². The molecule has 0 radical (unpaired) electrons. The van der Waals surface area contributed by atoms with Gasteiger partial charge in [-0.1, -0.05) is 48.5 Å². The Balaban J connectivity index is 1.53. The number of hydrogen-bond donors (Lipinski definition) is 1. The molecule has 5 nitrogen and oxygen atoms in total. The van der Waals surface area contributed by atoms with Gasteiger partial charge >= 0.3 is 6.03 Å². The summed E-state index contributed by atoms with van der Waals surface area (Å²) >= 11 is 0. The van der Waals surface area contributed by atoms with Crippen LogP contribution in [0.15, 0.2) is 54.6 Å². The highest BCUT2D eigenvalue weighted by atomic mass is 16.2. The summed E-state index contributed by atoms with van der Waals surface area (Å²) in [5.74, 6) is 0.173. The van der Waals surface area contributed by atoms with Crippen LogP contribution in [-0.4, -0.2) is 36.5 Å². The first-order valence-electron chi connectivity index (χ1n) is 9.21. The van der Waals surface area contributed by atoms with E-state index < -0.39 is 0 Å². The van der Waals surface area contributed by atoms with E-state index >= 15 is 0 Å². The van der Waals surface area contributed by atoms with Gasteiger partial charge in [0.1, 0.15) is 0 Å². The number of likely N-dealkylation sites (tertiary alicyclic amines) is 1. The summed E-state index contributed by atoms with van der Waals surface area (Å²) in [6, 6.07) is 17.6. The lowest BCUT2D eigenvalue weighted by Crippen LogP contribution is -2.44. The lowest BCUT2D eigenvalue weighted by atomic mass is 10.1. The second-order valence-electron chi connectivity index (χ2n) is 6.89. The number of para-hydroxylation sites is 1. The minimum Gasteiger partial charge on any atom is -0.340 e. The molecule has 1 atom stereocenters. The number of anilines is 1. The quantitative estimate of drug-likeness (QED) is 0.922. The van der Waals surface area contributed by atoms with Crippen molar-refractivity contribution in [2.24, 2.45) is 0 Å². The highest BCUT2D eigenvalue weighted by Crippen LogP contribution is 2.28. The van der Waals surface area contributed by atoms with Gasteiger partial charge in [-0.3, -0.25) is 9.69 Å². The Morgan fingerprint density at radius 2 is 1.77 bits per heavy atom. The molecule has 2 heterocycles. The first-order valence-corrected chi connectivity index (χ1v) is 9.21. The molecule has 5 heteroatoms. The van der Waals surface area contributed by atoms with Gasteiger partial charge in [0.2, 0.25) is 5.91 Å². The molecule has 2 aromatic carbocycles. The number of nitrogens with one attached hydrogen (secondary N) is 1. The molecule has 1 N–H and O–H groups in total. The Hall–Kier alpha value is -2.82. The fourth-order valence-corrected chi connectivity index (χ4v) is 3.81. The van der Waals surface area contributed by atoms with Crippen molar-refractivity contribution in [3.8, 4) is 0 Å². The first kappa shape index (κ1) is 16.6. The average Bonchev–Trinajstić information content (AvgIpc) is 3.28. The number of fused-ring (bicyclic) bond motifs is 1. The minimum atomic E-state index is -0.210. The zero-order chi connectivity index (χ0) is 17.9. The highest BCUT2D eigenvalue weighted by molar-refractivity contribution is 5.94. The Kier molecular flexibility index (Phi) is 4.61. The van der Waals surface area contributed by atoms with Crippen molar-refractivity contribution in [3.63, 3.8) is 0 Å². The number of amides is 3. The molecular weight excluding hydrogens is 326 g/mol. The monoisotopic (exact) mass is 349 g/mol. The number of hydrogen-bond acceptors (Lipinski definition) is 2. The summed E-state index contributed by atoms with van der Waals surface area (Å²) in [7, 11) is 0. The van der Waals surface area contributed by atoms with Gasteiger partial charge in [0.15, 0.2) is 0 Å². The van der Waals surface area contributed by atoms with Gasteiger partial charge in [-0.05, 0) is 30.0 Å². The van der Waals surface area contributed by atoms with E-state index in [0.717, 1.165) is 30.6 Å². The number of rotatable bonds is 4. The second kappa shape index (κ2) is 7.20. The number of urea groups is 1. The molecule has 2 aliphatic rings. The number of carbonyl (C=O) groups excluding carboxylic acids is 2. The van der Waals surface area contributed by atoms with Crippen molar-refractivity contribution in [2.75, 3.05) is 24.5 Å². The Morgan fingerprint density at radius 3 is 2.54 bits per heavy atom. The predicted octanol–water partition coefficient (Wildman–Crippen LogP) is 3.12. The maximum atomic E-state index is 13.0. The fraction of sp³-hybridized carbons (Fsp3) is 0.333. The average molecular weight is 349 g/mol. The Labute approximate surface area is 153 Å². The summed E-state index contributed by atoms with van der Waals surface area (Å²) in [6.45, 7) is 1.98.